The van der Waals surface area contributed by atoms with Gasteiger partial charge in [0.05, 0.1) is 13.1 Å². The molecule has 0 bridgehead atoms. The van der Waals surface area contributed by atoms with E-state index in [1.807, 2.05) is 6.07 Å². The van der Waals surface area contributed by atoms with Crippen LogP contribution in [0.2, 0.25) is 0 Å². The van der Waals surface area contributed by atoms with Crippen LogP contribution in [-0.2, 0) is 13.1 Å². The first-order valence-corrected chi connectivity index (χ1v) is 9.46. The SMILES string of the molecule is CC[NH+](CC)Cc1ccc(CNC(=S)Nc2cccc(C)c2C)cc1. The first-order valence-electron chi connectivity index (χ1n) is 9.06. The molecule has 4 heteroatoms. The average Bonchev–Trinajstić information content (AvgIpc) is 2.63. The summed E-state index contributed by atoms with van der Waals surface area (Å²) in [5.41, 5.74) is 6.19. The molecule has 0 unspecified atom stereocenters. The Labute approximate surface area is 157 Å². The molecular formula is C21H30N3S+. The number of anilines is 1. The van der Waals surface area contributed by atoms with Crippen LogP contribution in [0.4, 0.5) is 5.69 Å². The topological polar surface area (TPSA) is 28.5 Å². The maximum Gasteiger partial charge on any atom is 0.171 e. The maximum absolute atomic E-state index is 5.43. The number of aryl methyl sites for hydroxylation is 1. The minimum atomic E-state index is 0.658. The molecule has 2 rings (SSSR count). The summed E-state index contributed by atoms with van der Waals surface area (Å²) >= 11 is 5.43. The Balaban J connectivity index is 1.86. The molecule has 3 nitrogen and oxygen atoms in total. The van der Waals surface area contributed by atoms with Crippen LogP contribution in [0.3, 0.4) is 0 Å². The highest BCUT2D eigenvalue weighted by atomic mass is 32.1. The summed E-state index contributed by atoms with van der Waals surface area (Å²) in [6.07, 6.45) is 0. The van der Waals surface area contributed by atoms with Crippen LogP contribution in [0.25, 0.3) is 0 Å². The molecule has 0 heterocycles. The van der Waals surface area contributed by atoms with Gasteiger partial charge in [0.25, 0.3) is 0 Å². The standard InChI is InChI=1S/C21H29N3S/c1-5-24(6-2)15-19-12-10-18(11-13-19)14-22-21(25)23-20-9-7-8-16(3)17(20)4/h7-13H,5-6,14-15H2,1-4H3,(H2,22,23,25)/p+1. The maximum atomic E-state index is 5.43. The predicted molar refractivity (Wildman–Crippen MR) is 111 cm³/mol. The van der Waals surface area contributed by atoms with Gasteiger partial charge in [-0.05, 0) is 62.7 Å². The normalized spacial score (nSPS) is 10.8. The number of quaternary nitrogens is 1. The molecule has 134 valence electrons. The zero-order valence-corrected chi connectivity index (χ0v) is 16.6. The second-order valence-electron chi connectivity index (χ2n) is 6.51. The van der Waals surface area contributed by atoms with Gasteiger partial charge in [0.15, 0.2) is 5.11 Å². The zero-order chi connectivity index (χ0) is 18.2. The molecule has 0 aliphatic carbocycles. The summed E-state index contributed by atoms with van der Waals surface area (Å²) in [5, 5.41) is 7.24. The Morgan fingerprint density at radius 1 is 0.960 bits per heavy atom. The van der Waals surface area contributed by atoms with Gasteiger partial charge in [0, 0.05) is 17.8 Å². The lowest BCUT2D eigenvalue weighted by atomic mass is 10.1. The first-order chi connectivity index (χ1) is 12.0. The summed E-state index contributed by atoms with van der Waals surface area (Å²) < 4.78 is 0. The molecule has 0 atom stereocenters. The number of nitrogens with one attached hydrogen (secondary N) is 3. The van der Waals surface area contributed by atoms with Gasteiger partial charge >= 0.3 is 0 Å². The Kier molecular flexibility index (Phi) is 7.41. The van der Waals surface area contributed by atoms with Gasteiger partial charge in [-0.1, -0.05) is 36.4 Å². The fraction of sp³-hybridized carbons (Fsp3) is 0.381. The van der Waals surface area contributed by atoms with Crippen LogP contribution in [0, 0.1) is 13.8 Å². The van der Waals surface area contributed by atoms with Crippen molar-refractivity contribution in [3.63, 3.8) is 0 Å². The quantitative estimate of drug-likeness (QED) is 0.665. The number of rotatable bonds is 7. The van der Waals surface area contributed by atoms with E-state index >= 15 is 0 Å². The van der Waals surface area contributed by atoms with Crippen LogP contribution in [-0.4, -0.2) is 18.2 Å². The lowest BCUT2D eigenvalue weighted by Crippen LogP contribution is -3.10. The van der Waals surface area contributed by atoms with Crippen LogP contribution in [0.5, 0.6) is 0 Å². The van der Waals surface area contributed by atoms with Crippen molar-refractivity contribution in [3.05, 3.63) is 64.7 Å². The van der Waals surface area contributed by atoms with Crippen LogP contribution >= 0.6 is 12.2 Å². The van der Waals surface area contributed by atoms with E-state index in [0.29, 0.717) is 5.11 Å². The van der Waals surface area contributed by atoms with Crippen molar-refractivity contribution in [1.29, 1.82) is 0 Å². The van der Waals surface area contributed by atoms with Gasteiger partial charge in [-0.3, -0.25) is 0 Å². The smallest absolute Gasteiger partial charge is 0.171 e. The monoisotopic (exact) mass is 356 g/mol. The summed E-state index contributed by atoms with van der Waals surface area (Å²) in [5.74, 6) is 0. The van der Waals surface area contributed by atoms with Gasteiger partial charge in [-0.25, -0.2) is 0 Å². The highest BCUT2D eigenvalue weighted by Crippen LogP contribution is 2.17. The van der Waals surface area contributed by atoms with E-state index in [1.54, 1.807) is 4.90 Å². The molecule has 0 saturated heterocycles. The van der Waals surface area contributed by atoms with Crippen molar-refractivity contribution in [1.82, 2.24) is 5.32 Å². The lowest BCUT2D eigenvalue weighted by molar-refractivity contribution is -0.910. The van der Waals surface area contributed by atoms with Gasteiger partial charge in [0.2, 0.25) is 0 Å². The average molecular weight is 357 g/mol. The van der Waals surface area contributed by atoms with E-state index in [2.05, 4.69) is 74.7 Å². The Hall–Kier alpha value is -1.91. The number of thiocarbonyl (C=S) groups is 1. The summed E-state index contributed by atoms with van der Waals surface area (Å²) in [4.78, 5) is 1.60. The highest BCUT2D eigenvalue weighted by molar-refractivity contribution is 7.80. The lowest BCUT2D eigenvalue weighted by Gasteiger charge is -2.16. The molecule has 0 aromatic heterocycles. The van der Waals surface area contributed by atoms with Crippen molar-refractivity contribution in [3.8, 4) is 0 Å². The van der Waals surface area contributed by atoms with E-state index in [4.69, 9.17) is 12.2 Å². The molecule has 0 aliphatic rings. The number of benzene rings is 2. The number of hydrogen-bond acceptors (Lipinski definition) is 1. The summed E-state index contributed by atoms with van der Waals surface area (Å²) in [6, 6.07) is 15.0. The molecule has 0 aliphatic heterocycles. The molecule has 0 spiro atoms. The molecule has 0 fully saturated rings. The van der Waals surface area contributed by atoms with Crippen molar-refractivity contribution in [2.75, 3.05) is 18.4 Å². The number of hydrogen-bond donors (Lipinski definition) is 3. The summed E-state index contributed by atoms with van der Waals surface area (Å²) in [7, 11) is 0. The molecule has 2 aromatic rings. The molecule has 3 N–H and O–H groups in total. The van der Waals surface area contributed by atoms with Gasteiger partial charge in [0.1, 0.15) is 6.54 Å². The highest BCUT2D eigenvalue weighted by Gasteiger charge is 2.05. The van der Waals surface area contributed by atoms with Gasteiger partial charge in [-0.15, -0.1) is 0 Å². The molecule has 2 aromatic carbocycles. The van der Waals surface area contributed by atoms with Crippen molar-refractivity contribution in [2.24, 2.45) is 0 Å². The van der Waals surface area contributed by atoms with Crippen LogP contribution in [0.15, 0.2) is 42.5 Å². The van der Waals surface area contributed by atoms with E-state index in [-0.39, 0.29) is 0 Å². The van der Waals surface area contributed by atoms with Gasteiger partial charge in [-0.2, -0.15) is 0 Å². The fourth-order valence-corrected chi connectivity index (χ4v) is 2.98. The zero-order valence-electron chi connectivity index (χ0n) is 15.8. The predicted octanol–water partition coefficient (Wildman–Crippen LogP) is 3.21. The van der Waals surface area contributed by atoms with E-state index in [1.165, 1.54) is 22.3 Å². The minimum Gasteiger partial charge on any atom is -0.358 e. The van der Waals surface area contributed by atoms with Crippen molar-refractivity contribution < 1.29 is 4.90 Å². The second-order valence-corrected chi connectivity index (χ2v) is 6.91. The van der Waals surface area contributed by atoms with Gasteiger partial charge < -0.3 is 15.5 Å². The van der Waals surface area contributed by atoms with E-state index in [9.17, 15) is 0 Å². The Morgan fingerprint density at radius 3 is 2.24 bits per heavy atom. The van der Waals surface area contributed by atoms with Crippen LogP contribution in [0.1, 0.15) is 36.1 Å². The van der Waals surface area contributed by atoms with E-state index in [0.717, 1.165) is 31.9 Å². The fourth-order valence-electron chi connectivity index (χ4n) is 2.80. The molecule has 0 radical (unpaired) electrons. The Bertz CT molecular complexity index is 691. The van der Waals surface area contributed by atoms with E-state index < -0.39 is 0 Å². The molecule has 25 heavy (non-hydrogen) atoms. The molecular weight excluding hydrogens is 326 g/mol. The van der Waals surface area contributed by atoms with Crippen LogP contribution < -0.4 is 15.5 Å². The third kappa shape index (κ3) is 5.83. The minimum absolute atomic E-state index is 0.658. The first kappa shape index (κ1) is 19.4. The second kappa shape index (κ2) is 9.54. The Morgan fingerprint density at radius 2 is 1.60 bits per heavy atom. The summed E-state index contributed by atoms with van der Waals surface area (Å²) in [6.45, 7) is 12.8. The van der Waals surface area contributed by atoms with Crippen molar-refractivity contribution >= 4 is 23.0 Å². The molecule has 0 saturated carbocycles. The van der Waals surface area contributed by atoms with Crippen molar-refractivity contribution in [2.45, 2.75) is 40.8 Å². The largest absolute Gasteiger partial charge is 0.358 e. The third-order valence-corrected chi connectivity index (χ3v) is 5.03. The molecule has 0 amide bonds. The third-order valence-electron chi connectivity index (χ3n) is 4.78.